The van der Waals surface area contributed by atoms with E-state index in [4.69, 9.17) is 5.11 Å². The van der Waals surface area contributed by atoms with E-state index in [1.54, 1.807) is 24.3 Å². The molecule has 0 unspecified atom stereocenters. The van der Waals surface area contributed by atoms with Crippen LogP contribution in [0.15, 0.2) is 24.3 Å². The van der Waals surface area contributed by atoms with E-state index in [0.717, 1.165) is 17.4 Å². The summed E-state index contributed by atoms with van der Waals surface area (Å²) < 4.78 is 0. The number of aromatic hydroxyl groups is 1. The Morgan fingerprint density at radius 3 is 2.75 bits per heavy atom. The monoisotopic (exact) mass is 162 g/mol. The van der Waals surface area contributed by atoms with E-state index < -0.39 is 0 Å². The van der Waals surface area contributed by atoms with E-state index in [1.807, 2.05) is 6.92 Å². The van der Waals surface area contributed by atoms with E-state index in [1.165, 1.54) is 6.08 Å². The molecule has 0 atom stereocenters. The third kappa shape index (κ3) is 1.95. The number of hydrogen-bond acceptors (Lipinski definition) is 2. The van der Waals surface area contributed by atoms with Crippen LogP contribution in [-0.4, -0.2) is 11.4 Å². The summed E-state index contributed by atoms with van der Waals surface area (Å²) in [5.41, 5.74) is 1.90. The van der Waals surface area contributed by atoms with Crippen molar-refractivity contribution >= 4 is 12.4 Å². The quantitative estimate of drug-likeness (QED) is 0.532. The van der Waals surface area contributed by atoms with Crippen LogP contribution in [0.4, 0.5) is 0 Å². The van der Waals surface area contributed by atoms with E-state index in [-0.39, 0.29) is 5.75 Å². The van der Waals surface area contributed by atoms with Crippen molar-refractivity contribution in [2.75, 3.05) is 0 Å². The number of rotatable bonds is 2. The van der Waals surface area contributed by atoms with Crippen LogP contribution in [0.25, 0.3) is 6.08 Å². The second-order valence-corrected chi connectivity index (χ2v) is 2.54. The maximum atomic E-state index is 10.0. The van der Waals surface area contributed by atoms with Crippen LogP contribution in [0, 0.1) is 6.92 Å². The van der Waals surface area contributed by atoms with Gasteiger partial charge >= 0.3 is 0 Å². The molecule has 1 aromatic rings. The Hall–Kier alpha value is -1.57. The molecule has 0 radical (unpaired) electrons. The number of aryl methyl sites for hydroxylation is 1. The fourth-order valence-corrected chi connectivity index (χ4v) is 0.990. The molecule has 0 saturated carbocycles. The average Bonchev–Trinajstić information content (AvgIpc) is 2.03. The minimum atomic E-state index is 0.246. The van der Waals surface area contributed by atoms with Gasteiger partial charge in [-0.05, 0) is 36.3 Å². The Bertz CT molecular complexity index is 314. The van der Waals surface area contributed by atoms with Gasteiger partial charge in [0, 0.05) is 0 Å². The molecule has 0 aromatic heterocycles. The van der Waals surface area contributed by atoms with Gasteiger partial charge in [0.15, 0.2) is 0 Å². The van der Waals surface area contributed by atoms with Gasteiger partial charge in [-0.15, -0.1) is 0 Å². The fourth-order valence-electron chi connectivity index (χ4n) is 0.990. The Kier molecular flexibility index (Phi) is 2.64. The molecule has 0 aliphatic carbocycles. The summed E-state index contributed by atoms with van der Waals surface area (Å²) in [7, 11) is 0. The molecule has 0 aliphatic heterocycles. The number of hydrogen-bond donors (Lipinski definition) is 1. The normalized spacial score (nSPS) is 10.4. The minimum Gasteiger partial charge on any atom is -0.508 e. The predicted molar refractivity (Wildman–Crippen MR) is 47.9 cm³/mol. The minimum absolute atomic E-state index is 0.246. The summed E-state index contributed by atoms with van der Waals surface area (Å²) in [6.45, 7) is 1.88. The van der Waals surface area contributed by atoms with Crippen molar-refractivity contribution < 1.29 is 9.90 Å². The lowest BCUT2D eigenvalue weighted by Crippen LogP contribution is -1.79. The number of carbonyl (C=O) groups is 1. The molecule has 0 aliphatic rings. The highest BCUT2D eigenvalue weighted by atomic mass is 16.3. The van der Waals surface area contributed by atoms with Crippen LogP contribution in [-0.2, 0) is 4.79 Å². The van der Waals surface area contributed by atoms with Crippen LogP contribution in [0.3, 0.4) is 0 Å². The molecule has 12 heavy (non-hydrogen) atoms. The third-order valence-corrected chi connectivity index (χ3v) is 1.61. The molecule has 2 heteroatoms. The average molecular weight is 162 g/mol. The Balaban J connectivity index is 3.01. The van der Waals surface area contributed by atoms with Crippen LogP contribution >= 0.6 is 0 Å². The highest BCUT2D eigenvalue weighted by molar-refractivity contribution is 5.74. The molecule has 62 valence electrons. The molecular weight excluding hydrogens is 152 g/mol. The predicted octanol–water partition coefficient (Wildman–Crippen LogP) is 1.91. The summed E-state index contributed by atoms with van der Waals surface area (Å²) >= 11 is 0. The molecule has 2 nitrogen and oxygen atoms in total. The highest BCUT2D eigenvalue weighted by Crippen LogP contribution is 2.16. The summed E-state index contributed by atoms with van der Waals surface area (Å²) in [4.78, 5) is 10.0. The van der Waals surface area contributed by atoms with Crippen LogP contribution in [0.1, 0.15) is 11.1 Å². The van der Waals surface area contributed by atoms with E-state index in [0.29, 0.717) is 0 Å². The van der Waals surface area contributed by atoms with Crippen LogP contribution < -0.4 is 0 Å². The lowest BCUT2D eigenvalue weighted by molar-refractivity contribution is -0.104. The fraction of sp³-hybridized carbons (Fsp3) is 0.100. The largest absolute Gasteiger partial charge is 0.508 e. The summed E-state index contributed by atoms with van der Waals surface area (Å²) in [6, 6.07) is 5.02. The van der Waals surface area contributed by atoms with Gasteiger partial charge in [-0.2, -0.15) is 0 Å². The maximum Gasteiger partial charge on any atom is 0.142 e. The Morgan fingerprint density at radius 2 is 2.17 bits per heavy atom. The highest BCUT2D eigenvalue weighted by Gasteiger charge is 1.94. The molecule has 0 fully saturated rings. The van der Waals surface area contributed by atoms with Gasteiger partial charge in [0.2, 0.25) is 0 Å². The molecule has 0 heterocycles. The molecule has 0 spiro atoms. The molecular formula is C10H10O2. The Morgan fingerprint density at radius 1 is 1.42 bits per heavy atom. The van der Waals surface area contributed by atoms with E-state index >= 15 is 0 Å². The SMILES string of the molecule is Cc1cc(O)ccc1/C=C/C=O. The standard InChI is InChI=1S/C10H10O2/c1-8-7-10(12)5-4-9(8)3-2-6-11/h2-7,12H,1H3/b3-2+. The van der Waals surface area contributed by atoms with Crippen molar-refractivity contribution in [1.82, 2.24) is 0 Å². The zero-order chi connectivity index (χ0) is 8.97. The maximum absolute atomic E-state index is 10.0. The number of phenols is 1. The first-order valence-corrected chi connectivity index (χ1v) is 3.65. The lowest BCUT2D eigenvalue weighted by Gasteiger charge is -1.99. The van der Waals surface area contributed by atoms with E-state index in [2.05, 4.69) is 0 Å². The lowest BCUT2D eigenvalue weighted by atomic mass is 10.1. The van der Waals surface area contributed by atoms with E-state index in [9.17, 15) is 4.79 Å². The van der Waals surface area contributed by atoms with Gasteiger partial charge in [0.05, 0.1) is 0 Å². The van der Waals surface area contributed by atoms with Gasteiger partial charge in [0.25, 0.3) is 0 Å². The van der Waals surface area contributed by atoms with Gasteiger partial charge in [-0.25, -0.2) is 0 Å². The summed E-state index contributed by atoms with van der Waals surface area (Å²) in [5, 5.41) is 9.07. The second kappa shape index (κ2) is 3.72. The number of allylic oxidation sites excluding steroid dienone is 1. The number of aldehydes is 1. The van der Waals surface area contributed by atoms with Gasteiger partial charge < -0.3 is 5.11 Å². The van der Waals surface area contributed by atoms with Gasteiger partial charge in [-0.3, -0.25) is 4.79 Å². The molecule has 0 amide bonds. The first-order valence-electron chi connectivity index (χ1n) is 3.65. The third-order valence-electron chi connectivity index (χ3n) is 1.61. The molecule has 0 bridgehead atoms. The molecule has 0 saturated heterocycles. The van der Waals surface area contributed by atoms with Crippen molar-refractivity contribution in [3.05, 3.63) is 35.4 Å². The van der Waals surface area contributed by atoms with Crippen molar-refractivity contribution in [3.8, 4) is 5.75 Å². The second-order valence-electron chi connectivity index (χ2n) is 2.54. The molecule has 1 rings (SSSR count). The topological polar surface area (TPSA) is 37.3 Å². The van der Waals surface area contributed by atoms with Crippen LogP contribution in [0.2, 0.25) is 0 Å². The molecule has 1 aromatic carbocycles. The first-order chi connectivity index (χ1) is 5.74. The van der Waals surface area contributed by atoms with Crippen molar-refractivity contribution in [2.45, 2.75) is 6.92 Å². The first kappa shape index (κ1) is 8.53. The van der Waals surface area contributed by atoms with Gasteiger partial charge in [-0.1, -0.05) is 12.1 Å². The zero-order valence-corrected chi connectivity index (χ0v) is 6.82. The number of phenolic OH excluding ortho intramolecular Hbond substituents is 1. The zero-order valence-electron chi connectivity index (χ0n) is 6.82. The summed E-state index contributed by atoms with van der Waals surface area (Å²) in [5.74, 6) is 0.246. The van der Waals surface area contributed by atoms with Crippen molar-refractivity contribution in [3.63, 3.8) is 0 Å². The number of carbonyl (C=O) groups excluding carboxylic acids is 1. The van der Waals surface area contributed by atoms with Crippen molar-refractivity contribution in [2.24, 2.45) is 0 Å². The van der Waals surface area contributed by atoms with Crippen molar-refractivity contribution in [1.29, 1.82) is 0 Å². The molecule has 1 N–H and O–H groups in total. The van der Waals surface area contributed by atoms with Gasteiger partial charge in [0.1, 0.15) is 12.0 Å². The Labute approximate surface area is 71.2 Å². The summed E-state index contributed by atoms with van der Waals surface area (Å²) in [6.07, 6.45) is 3.87. The smallest absolute Gasteiger partial charge is 0.142 e. The number of benzene rings is 1. The van der Waals surface area contributed by atoms with Crippen LogP contribution in [0.5, 0.6) is 5.75 Å².